The number of nitrogen functional groups attached to an aromatic ring is 1. The van der Waals surface area contributed by atoms with Crippen LogP contribution in [-0.4, -0.2) is 29.1 Å². The number of halogens is 2. The SMILES string of the molecule is Cc1cc(-c2c(-c3ccc(F)cc3)nc(N)n3c(=O)n(Cc4ccc(Cl)cn4)nc23)cc2ocnc12. The average molecular weight is 502 g/mol. The van der Waals surface area contributed by atoms with E-state index in [0.717, 1.165) is 11.1 Å². The average Bonchev–Trinajstić information content (AvgIpc) is 3.46. The van der Waals surface area contributed by atoms with Crippen molar-refractivity contribution >= 4 is 34.3 Å². The van der Waals surface area contributed by atoms with Crippen molar-refractivity contribution in [3.05, 3.63) is 93.7 Å². The molecule has 11 heteroatoms. The van der Waals surface area contributed by atoms with Crippen LogP contribution >= 0.6 is 11.6 Å². The van der Waals surface area contributed by atoms with Crippen molar-refractivity contribution in [1.29, 1.82) is 0 Å². The normalized spacial score (nSPS) is 11.5. The number of aromatic nitrogens is 6. The molecular formula is C25H17ClFN7O2. The Hall–Kier alpha value is -4.57. The van der Waals surface area contributed by atoms with E-state index in [1.54, 1.807) is 30.3 Å². The van der Waals surface area contributed by atoms with E-state index in [2.05, 4.69) is 20.1 Å². The van der Waals surface area contributed by atoms with Gasteiger partial charge in [-0.2, -0.15) is 0 Å². The number of nitrogens with zero attached hydrogens (tertiary/aromatic N) is 6. The fourth-order valence-electron chi connectivity index (χ4n) is 4.22. The lowest BCUT2D eigenvalue weighted by atomic mass is 9.98. The maximum absolute atomic E-state index is 13.7. The molecule has 178 valence electrons. The second-order valence-electron chi connectivity index (χ2n) is 8.26. The summed E-state index contributed by atoms with van der Waals surface area (Å²) in [5.74, 6) is -0.435. The molecule has 0 aliphatic heterocycles. The van der Waals surface area contributed by atoms with E-state index >= 15 is 0 Å². The highest BCUT2D eigenvalue weighted by Crippen LogP contribution is 2.36. The molecule has 0 unspecified atom stereocenters. The number of pyridine rings is 1. The fourth-order valence-corrected chi connectivity index (χ4v) is 4.34. The van der Waals surface area contributed by atoms with E-state index in [1.165, 1.54) is 33.8 Å². The van der Waals surface area contributed by atoms with Gasteiger partial charge in [0.15, 0.2) is 17.6 Å². The zero-order valence-electron chi connectivity index (χ0n) is 18.8. The minimum absolute atomic E-state index is 0.0501. The first kappa shape index (κ1) is 21.9. The Morgan fingerprint density at radius 1 is 1.08 bits per heavy atom. The number of hydrogen-bond donors (Lipinski definition) is 1. The summed E-state index contributed by atoms with van der Waals surface area (Å²) in [6, 6.07) is 13.0. The highest BCUT2D eigenvalue weighted by Gasteiger charge is 2.23. The van der Waals surface area contributed by atoms with Gasteiger partial charge in [-0.1, -0.05) is 11.6 Å². The van der Waals surface area contributed by atoms with Gasteiger partial charge in [-0.15, -0.1) is 5.10 Å². The number of anilines is 1. The Morgan fingerprint density at radius 3 is 2.64 bits per heavy atom. The molecular weight excluding hydrogens is 485 g/mol. The van der Waals surface area contributed by atoms with E-state index < -0.39 is 5.69 Å². The summed E-state index contributed by atoms with van der Waals surface area (Å²) in [4.78, 5) is 26.4. The van der Waals surface area contributed by atoms with Gasteiger partial charge in [-0.3, -0.25) is 4.98 Å². The number of aryl methyl sites for hydroxylation is 1. The summed E-state index contributed by atoms with van der Waals surface area (Å²) < 4.78 is 21.8. The molecule has 9 nitrogen and oxygen atoms in total. The topological polar surface area (TPSA) is 117 Å². The van der Waals surface area contributed by atoms with Crippen LogP contribution in [0.2, 0.25) is 5.02 Å². The lowest BCUT2D eigenvalue weighted by molar-refractivity contribution is 0.602. The molecule has 0 bridgehead atoms. The van der Waals surface area contributed by atoms with Crippen molar-refractivity contribution < 1.29 is 8.81 Å². The van der Waals surface area contributed by atoms with Crippen LogP contribution in [0.25, 0.3) is 39.1 Å². The highest BCUT2D eigenvalue weighted by atomic mass is 35.5. The molecule has 2 aromatic carbocycles. The molecule has 2 N–H and O–H groups in total. The molecule has 0 atom stereocenters. The molecule has 0 aliphatic carbocycles. The van der Waals surface area contributed by atoms with Crippen LogP contribution in [0.5, 0.6) is 0 Å². The Balaban J connectivity index is 1.65. The molecule has 0 spiro atoms. The largest absolute Gasteiger partial charge is 0.443 e. The van der Waals surface area contributed by atoms with Crippen LogP contribution in [0.15, 0.2) is 70.3 Å². The second kappa shape index (κ2) is 8.28. The molecule has 4 heterocycles. The number of rotatable bonds is 4. The molecule has 0 saturated carbocycles. The van der Waals surface area contributed by atoms with Crippen molar-refractivity contribution in [1.82, 2.24) is 29.1 Å². The molecule has 0 radical (unpaired) electrons. The quantitative estimate of drug-likeness (QED) is 0.378. The molecule has 0 fully saturated rings. The van der Waals surface area contributed by atoms with E-state index in [9.17, 15) is 9.18 Å². The van der Waals surface area contributed by atoms with E-state index in [4.69, 9.17) is 21.8 Å². The second-order valence-corrected chi connectivity index (χ2v) is 8.70. The Kier molecular flexibility index (Phi) is 5.04. The Labute approximate surface area is 207 Å². The number of benzene rings is 2. The van der Waals surface area contributed by atoms with Gasteiger partial charge >= 0.3 is 5.69 Å². The summed E-state index contributed by atoms with van der Waals surface area (Å²) in [7, 11) is 0. The zero-order chi connectivity index (χ0) is 25.0. The van der Waals surface area contributed by atoms with Crippen LogP contribution < -0.4 is 11.4 Å². The molecule has 4 aromatic heterocycles. The van der Waals surface area contributed by atoms with Crippen molar-refractivity contribution in [2.75, 3.05) is 5.73 Å². The summed E-state index contributed by atoms with van der Waals surface area (Å²) in [6.07, 6.45) is 2.87. The predicted octanol–water partition coefficient (Wildman–Crippen LogP) is 4.49. The summed E-state index contributed by atoms with van der Waals surface area (Å²) in [5.41, 5.74) is 11.1. The smallest absolute Gasteiger partial charge is 0.353 e. The maximum Gasteiger partial charge on any atom is 0.353 e. The number of fused-ring (bicyclic) bond motifs is 2. The Bertz CT molecular complexity index is 1820. The monoisotopic (exact) mass is 501 g/mol. The number of oxazole rings is 1. The van der Waals surface area contributed by atoms with Crippen LogP contribution in [0.3, 0.4) is 0 Å². The van der Waals surface area contributed by atoms with Crippen molar-refractivity contribution in [2.45, 2.75) is 13.5 Å². The van der Waals surface area contributed by atoms with E-state index in [0.29, 0.717) is 44.3 Å². The van der Waals surface area contributed by atoms with Crippen molar-refractivity contribution in [3.8, 4) is 22.4 Å². The summed E-state index contributed by atoms with van der Waals surface area (Å²) in [6.45, 7) is 2.01. The first-order valence-corrected chi connectivity index (χ1v) is 11.3. The molecule has 6 aromatic rings. The molecule has 36 heavy (non-hydrogen) atoms. The van der Waals surface area contributed by atoms with E-state index in [1.807, 2.05) is 13.0 Å². The van der Waals surface area contributed by atoms with Crippen LogP contribution in [-0.2, 0) is 6.54 Å². The fraction of sp³-hybridized carbons (Fsp3) is 0.0800. The van der Waals surface area contributed by atoms with Gasteiger partial charge in [0.2, 0.25) is 5.95 Å². The van der Waals surface area contributed by atoms with Gasteiger partial charge < -0.3 is 10.2 Å². The zero-order valence-corrected chi connectivity index (χ0v) is 19.6. The summed E-state index contributed by atoms with van der Waals surface area (Å²) >= 11 is 5.94. The van der Waals surface area contributed by atoms with Gasteiger partial charge in [0, 0.05) is 11.8 Å². The third-order valence-electron chi connectivity index (χ3n) is 5.89. The number of hydrogen-bond acceptors (Lipinski definition) is 7. The highest BCUT2D eigenvalue weighted by molar-refractivity contribution is 6.30. The lowest BCUT2D eigenvalue weighted by Crippen LogP contribution is -2.24. The molecule has 0 amide bonds. The van der Waals surface area contributed by atoms with Crippen molar-refractivity contribution in [2.24, 2.45) is 0 Å². The van der Waals surface area contributed by atoms with E-state index in [-0.39, 0.29) is 18.3 Å². The third-order valence-corrected chi connectivity index (χ3v) is 6.11. The van der Waals surface area contributed by atoms with Gasteiger partial charge in [0.1, 0.15) is 11.3 Å². The molecule has 0 saturated heterocycles. The first-order chi connectivity index (χ1) is 17.4. The minimum atomic E-state index is -0.476. The van der Waals surface area contributed by atoms with Gasteiger partial charge in [0.05, 0.1) is 28.5 Å². The first-order valence-electron chi connectivity index (χ1n) is 10.9. The van der Waals surface area contributed by atoms with Crippen LogP contribution in [0.1, 0.15) is 11.3 Å². The third kappa shape index (κ3) is 3.59. The van der Waals surface area contributed by atoms with Crippen molar-refractivity contribution in [3.63, 3.8) is 0 Å². The predicted molar refractivity (Wildman–Crippen MR) is 133 cm³/mol. The standard InChI is InChI=1S/C25H17ClFN7O2/c1-13-8-15(9-19-21(13)30-12-36-19)20-22(14-2-5-17(27)6-3-14)31-24(28)34-23(20)32-33(25(34)35)11-18-7-4-16(26)10-29-18/h2-10,12H,11H2,1H3,(H2,28,31). The minimum Gasteiger partial charge on any atom is -0.443 e. The molecule has 0 aliphatic rings. The van der Waals surface area contributed by atoms with Gasteiger partial charge in [-0.05, 0) is 66.6 Å². The van der Waals surface area contributed by atoms with Gasteiger partial charge in [0.25, 0.3) is 0 Å². The van der Waals surface area contributed by atoms with Gasteiger partial charge in [-0.25, -0.2) is 28.2 Å². The summed E-state index contributed by atoms with van der Waals surface area (Å²) in [5, 5.41) is 5.11. The lowest BCUT2D eigenvalue weighted by Gasteiger charge is -2.12. The van der Waals surface area contributed by atoms with Crippen LogP contribution in [0, 0.1) is 12.7 Å². The molecule has 6 rings (SSSR count). The maximum atomic E-state index is 13.7. The Morgan fingerprint density at radius 2 is 1.89 bits per heavy atom. The van der Waals surface area contributed by atoms with Crippen LogP contribution in [0.4, 0.5) is 10.3 Å². The number of nitrogens with two attached hydrogens (primary N) is 1.